The third-order valence-electron chi connectivity index (χ3n) is 20.3. The number of thiol groups is 1. The van der Waals surface area contributed by atoms with Crippen molar-refractivity contribution in [2.45, 2.75) is 143 Å². The van der Waals surface area contributed by atoms with Crippen LogP contribution < -0.4 is 40.0 Å². The molecule has 16 rings (SSSR count). The maximum atomic E-state index is 13.9. The fourth-order valence-electron chi connectivity index (χ4n) is 11.8. The van der Waals surface area contributed by atoms with Gasteiger partial charge in [0.2, 0.25) is 9.23 Å². The Labute approximate surface area is 773 Å². The molecule has 0 amide bonds. The number of fused-ring (bicyclic) bond motifs is 5. The predicted octanol–water partition coefficient (Wildman–Crippen LogP) is 18.8. The van der Waals surface area contributed by atoms with Crippen molar-refractivity contribution >= 4 is 179 Å². The van der Waals surface area contributed by atoms with Crippen LogP contribution in [0.5, 0.6) is 0 Å². The summed E-state index contributed by atoms with van der Waals surface area (Å²) in [6.45, 7) is 27.3. The van der Waals surface area contributed by atoms with Crippen LogP contribution >= 0.6 is 64.8 Å². The molecule has 13 aromatic rings. The first-order chi connectivity index (χ1) is 56.2. The number of aliphatic hydroxyl groups excluding tert-OH is 2. The van der Waals surface area contributed by atoms with E-state index in [2.05, 4.69) is 74.4 Å². The Morgan fingerprint density at radius 1 is 0.463 bits per heavy atom. The minimum atomic E-state index is -1.67. The number of pyridine rings is 3. The van der Waals surface area contributed by atoms with Gasteiger partial charge in [-0.2, -0.15) is 6.07 Å². The molecule has 6 heterocycles. The number of H-pyrrole nitrogens is 1. The largest absolute Gasteiger partial charge is 1.00 e. The molecule has 0 radical (unpaired) electrons. The Morgan fingerprint density at radius 3 is 1.15 bits per heavy atom. The smallest absolute Gasteiger partial charge is 0.813 e. The summed E-state index contributed by atoms with van der Waals surface area (Å²) in [5.41, 5.74) is 1.19. The van der Waals surface area contributed by atoms with Crippen molar-refractivity contribution in [1.29, 1.82) is 0 Å². The summed E-state index contributed by atoms with van der Waals surface area (Å²) in [4.78, 5) is 31.7. The number of nitrogens with zero attached hydrogens (tertiary/aromatic N) is 2. The number of carboxylic acid groups (broad SMARTS) is 1. The van der Waals surface area contributed by atoms with Crippen molar-refractivity contribution in [3.63, 3.8) is 0 Å². The van der Waals surface area contributed by atoms with Crippen LogP contribution in [0.4, 0.5) is 30.7 Å². The van der Waals surface area contributed by atoms with Gasteiger partial charge >= 0.3 is 56.7 Å². The molecule has 0 aliphatic carbocycles. The van der Waals surface area contributed by atoms with E-state index in [4.69, 9.17) is 53.9 Å². The summed E-state index contributed by atoms with van der Waals surface area (Å²) >= 11 is 11.8. The monoisotopic (exact) mass is 1920 g/mol. The van der Waals surface area contributed by atoms with Crippen LogP contribution in [0.1, 0.15) is 141 Å². The Balaban J connectivity index is 0.000000251. The zero-order chi connectivity index (χ0) is 88.6. The molecule has 2 unspecified atom stereocenters. The van der Waals surface area contributed by atoms with Crippen molar-refractivity contribution in [2.75, 3.05) is 0 Å². The third kappa shape index (κ3) is 29.7. The summed E-state index contributed by atoms with van der Waals surface area (Å²) in [6, 6.07) is 54.8. The SMILES string of the molecule is CC(O)c1c(F)cncc1-c1ccc2cc(F)ccc2c1.CC(O)c1c(F)cncc1Br.CC1(C)OB(B2OC(C)(C)C(C)(C)O2)OC1(C)C.CC1(C)OB(c2ccc3cc(F)ccc3c2)OC1(C)C.Fc1ccc2cc(Br)ccc2c1.O.O=C(Cl)c1ccc2cc(F)ccc2c1.O=C(O)c1ccc2cc(F)ccc2c1.O=S(Cl)Cl.[Na+].[SH-].[c-]1cccc[nH+]1. The summed E-state index contributed by atoms with van der Waals surface area (Å²) in [6.07, 6.45) is 7.97. The first-order valence-corrected chi connectivity index (χ1v) is 41.9. The van der Waals surface area contributed by atoms with Crippen LogP contribution in [0.25, 0.3) is 65.0 Å². The molecule has 2 atom stereocenters. The van der Waals surface area contributed by atoms with Gasteiger partial charge in [-0.25, -0.2) is 39.7 Å². The number of nitrogens with one attached hydrogen (secondary N) is 1. The normalized spacial score (nSPS) is 15.4. The molecular formula is C89H89B3Br2Cl3F7N3NaO13S2. The number of aromatic amines is 1. The van der Waals surface area contributed by atoms with Gasteiger partial charge in [0.25, 0.3) is 5.24 Å². The standard InChI is InChI=1S/C17H13F2NO.C16H18BFO2.C12H24B2O4.C11H6ClFO.C11H7FO2.C10H6BrF.C7H7BrFNO.C5H5N.Cl2OS.Na.H2O.H2S/c1-10(21)17-15(8-20-9-16(17)19)13-3-2-12-7-14(18)5-4-11(12)6-13;1-15(2)16(3,4)20-17(19-15)13-7-5-12-10-14(18)8-6-11(12)9-13;1-9(2)10(3,4)16-13(15-9)14-17-11(5,6)12(7,8)18-14;12-11(14)9-2-1-8-6-10(13)4-3-7(8)5-9;12-10-4-3-7-5-9(11(13)14)2-1-8(7)6-10;11-9-3-1-8-6-10(12)4-2-7(8)5-9;1-4(11)7-5(8)2-10-3-6(7)9;1-2-4-6-5-3-1;1-4(2)3;;;/h2-10,21H,1H3;5-10H,1-4H3;1-8H3;1-6H;1-6H,(H,13,14);1-6H;2-4,11H,1H3;1-4,6H;;;2*1H2/q;;;;;;;;;+1;;/p-1. The molecule has 3 aliphatic rings. The van der Waals surface area contributed by atoms with Crippen molar-refractivity contribution in [1.82, 2.24) is 9.97 Å². The van der Waals surface area contributed by atoms with Gasteiger partial charge in [0.15, 0.2) is 0 Å². The average molecular weight is 1930 g/mol. The molecule has 0 bridgehead atoms. The summed E-state index contributed by atoms with van der Waals surface area (Å²) < 4.78 is 138. The minimum absolute atomic E-state index is 0. The number of carbonyl (C=O) groups is 2. The molecule has 3 saturated heterocycles. The molecule has 6 N–H and O–H groups in total. The van der Waals surface area contributed by atoms with Gasteiger partial charge in [-0.15, -0.1) is 12.1 Å². The maximum Gasteiger partial charge on any atom is 1.00 e. The van der Waals surface area contributed by atoms with Crippen LogP contribution in [0.2, 0.25) is 0 Å². The van der Waals surface area contributed by atoms with E-state index >= 15 is 0 Å². The average Bonchev–Trinajstić information content (AvgIpc) is 1.54. The molecule has 16 nitrogen and oxygen atoms in total. The van der Waals surface area contributed by atoms with Gasteiger partial charge in [0.05, 0.1) is 70.0 Å². The zero-order valence-corrected chi connectivity index (χ0v) is 78.8. The third-order valence-corrected chi connectivity index (χ3v) is 21.6. The molecule has 3 fully saturated rings. The molecule has 3 aromatic heterocycles. The van der Waals surface area contributed by atoms with E-state index < -0.39 is 58.3 Å². The number of carbonyl (C=O) groups excluding carboxylic acids is 1. The number of hydrogen-bond donors (Lipinski definition) is 3. The molecule has 644 valence electrons. The second kappa shape index (κ2) is 46.5. The van der Waals surface area contributed by atoms with Gasteiger partial charge in [0, 0.05) is 65.0 Å². The Bertz CT molecular complexity index is 5530. The van der Waals surface area contributed by atoms with Gasteiger partial charge in [-0.3, -0.25) is 14.8 Å². The molecular weight excluding hydrogens is 1840 g/mol. The van der Waals surface area contributed by atoms with E-state index in [1.54, 1.807) is 66.7 Å². The van der Waals surface area contributed by atoms with Crippen LogP contribution in [0, 0.1) is 46.9 Å². The van der Waals surface area contributed by atoms with E-state index in [1.165, 1.54) is 99.0 Å². The van der Waals surface area contributed by atoms with E-state index in [0.29, 0.717) is 21.0 Å². The van der Waals surface area contributed by atoms with Crippen LogP contribution in [-0.2, 0) is 50.6 Å². The fraction of sp³-hybridized carbons (Fsp3) is 0.247. The van der Waals surface area contributed by atoms with Crippen LogP contribution in [-0.4, -0.2) is 101 Å². The van der Waals surface area contributed by atoms with Crippen LogP contribution in [0.15, 0.2) is 240 Å². The van der Waals surface area contributed by atoms with E-state index in [-0.39, 0.29) is 135 Å². The second-order valence-electron chi connectivity index (χ2n) is 30.6. The Morgan fingerprint density at radius 2 is 0.797 bits per heavy atom. The second-order valence-corrected chi connectivity index (χ2v) is 35.2. The van der Waals surface area contributed by atoms with Crippen molar-refractivity contribution in [3.8, 4) is 11.1 Å². The Kier molecular flexibility index (Phi) is 40.2. The predicted molar refractivity (Wildman–Crippen MR) is 483 cm³/mol. The van der Waals surface area contributed by atoms with E-state index in [1.807, 2.05) is 150 Å². The first kappa shape index (κ1) is 106. The fourth-order valence-corrected chi connectivity index (χ4v) is 13.0. The van der Waals surface area contributed by atoms with Crippen LogP contribution in [0.3, 0.4) is 0 Å². The molecule has 3 aliphatic heterocycles. The number of benzene rings is 10. The van der Waals surface area contributed by atoms with Crippen molar-refractivity contribution < 1.29 is 128 Å². The summed E-state index contributed by atoms with van der Waals surface area (Å²) in [5, 5.41) is 35.5. The van der Waals surface area contributed by atoms with Gasteiger partial charge in [-0.05, 0) is 292 Å². The van der Waals surface area contributed by atoms with Gasteiger partial charge in [-0.1, -0.05) is 94.8 Å². The molecule has 0 spiro atoms. The summed E-state index contributed by atoms with van der Waals surface area (Å²) in [7, 11) is 6.03. The van der Waals surface area contributed by atoms with Gasteiger partial charge in [0.1, 0.15) is 46.9 Å². The number of aliphatic hydroxyl groups is 2. The number of carboxylic acids is 1. The quantitative estimate of drug-likeness (QED) is 0.0336. The summed E-state index contributed by atoms with van der Waals surface area (Å²) in [5.74, 6) is -3.33. The van der Waals surface area contributed by atoms with E-state index in [0.717, 1.165) is 76.4 Å². The van der Waals surface area contributed by atoms with Crippen molar-refractivity contribution in [3.05, 3.63) is 309 Å². The number of aromatic nitrogens is 3. The number of aromatic carboxylic acids is 1. The number of halogens is 12. The molecule has 123 heavy (non-hydrogen) atoms. The topological polar surface area (TPSA) is 239 Å². The Hall–Kier alpha value is -7.24. The maximum absolute atomic E-state index is 13.9. The minimum Gasteiger partial charge on any atom is -0.813 e. The first-order valence-electron chi connectivity index (χ1n) is 37.2. The van der Waals surface area contributed by atoms with E-state index in [9.17, 15) is 45.4 Å². The molecule has 34 heteroatoms. The number of rotatable bonds is 7. The molecule has 10 aromatic carbocycles. The zero-order valence-electron chi connectivity index (χ0n) is 69.6. The van der Waals surface area contributed by atoms with Crippen molar-refractivity contribution in [2.24, 2.45) is 0 Å². The molecule has 0 saturated carbocycles. The number of hydrogen-bond acceptors (Lipinski definition) is 14. The van der Waals surface area contributed by atoms with Gasteiger partial charge < -0.3 is 67.2 Å².